The third kappa shape index (κ3) is 1.96. The first kappa shape index (κ1) is 11.5. The zero-order valence-corrected chi connectivity index (χ0v) is 9.48. The maximum Gasteiger partial charge on any atom is 0.193 e. The molecular formula is C9H10ClN5O2. The zero-order chi connectivity index (χ0) is 11.0. The average molecular weight is 256 g/mol. The number of benzene rings is 1. The number of anilines is 1. The van der Waals surface area contributed by atoms with E-state index in [0.717, 1.165) is 0 Å². The van der Waals surface area contributed by atoms with Crippen molar-refractivity contribution in [3.8, 4) is 11.5 Å². The second-order valence-corrected chi connectivity index (χ2v) is 3.38. The summed E-state index contributed by atoms with van der Waals surface area (Å²) in [4.78, 5) is 0. The van der Waals surface area contributed by atoms with Crippen LogP contribution in [0.15, 0.2) is 18.2 Å². The molecular weight excluding hydrogens is 246 g/mol. The van der Waals surface area contributed by atoms with E-state index in [4.69, 9.17) is 15.2 Å². The number of aromatic nitrogens is 4. The van der Waals surface area contributed by atoms with E-state index in [0.29, 0.717) is 29.6 Å². The van der Waals surface area contributed by atoms with Gasteiger partial charge in [0.25, 0.3) is 0 Å². The van der Waals surface area contributed by atoms with E-state index in [1.165, 1.54) is 0 Å². The Morgan fingerprint density at radius 1 is 1.41 bits per heavy atom. The highest BCUT2D eigenvalue weighted by molar-refractivity contribution is 5.85. The summed E-state index contributed by atoms with van der Waals surface area (Å²) in [5, 5.41) is 13.4. The number of nitrogens with zero attached hydrogens (tertiary/aromatic N) is 3. The fourth-order valence-corrected chi connectivity index (χ4v) is 1.55. The molecule has 0 fully saturated rings. The van der Waals surface area contributed by atoms with Gasteiger partial charge in [0.15, 0.2) is 23.4 Å². The maximum atomic E-state index is 5.79. The van der Waals surface area contributed by atoms with Crippen LogP contribution in [-0.2, 0) is 0 Å². The van der Waals surface area contributed by atoms with Gasteiger partial charge in [-0.3, -0.25) is 0 Å². The van der Waals surface area contributed by atoms with E-state index < -0.39 is 0 Å². The molecule has 3 rings (SSSR count). The SMILES string of the molecule is Cl.Nc1cccc2c1OC(c1nnn[nH]1)CO2. The number of tetrazole rings is 1. The fraction of sp³-hybridized carbons (Fsp3) is 0.222. The summed E-state index contributed by atoms with van der Waals surface area (Å²) in [6, 6.07) is 5.37. The van der Waals surface area contributed by atoms with Crippen molar-refractivity contribution in [3.05, 3.63) is 24.0 Å². The number of nitrogens with two attached hydrogens (primary N) is 1. The van der Waals surface area contributed by atoms with Gasteiger partial charge in [0.2, 0.25) is 0 Å². The zero-order valence-electron chi connectivity index (χ0n) is 8.66. The Hall–Kier alpha value is -2.02. The second-order valence-electron chi connectivity index (χ2n) is 3.38. The van der Waals surface area contributed by atoms with E-state index in [2.05, 4.69) is 20.6 Å². The summed E-state index contributed by atoms with van der Waals surface area (Å²) in [5.41, 5.74) is 6.33. The summed E-state index contributed by atoms with van der Waals surface area (Å²) in [6.45, 7) is 0.354. The second kappa shape index (κ2) is 4.46. The number of fused-ring (bicyclic) bond motifs is 1. The van der Waals surface area contributed by atoms with E-state index in [1.807, 2.05) is 6.07 Å². The number of hydrogen-bond donors (Lipinski definition) is 2. The highest BCUT2D eigenvalue weighted by Gasteiger charge is 2.26. The minimum absolute atomic E-state index is 0. The first-order valence-corrected chi connectivity index (χ1v) is 4.76. The van der Waals surface area contributed by atoms with Crippen molar-refractivity contribution < 1.29 is 9.47 Å². The minimum atomic E-state index is -0.354. The molecule has 0 saturated carbocycles. The van der Waals surface area contributed by atoms with Crippen molar-refractivity contribution in [1.82, 2.24) is 20.6 Å². The first-order chi connectivity index (χ1) is 7.84. The molecule has 0 amide bonds. The molecule has 2 aromatic rings. The first-order valence-electron chi connectivity index (χ1n) is 4.76. The molecule has 0 bridgehead atoms. The summed E-state index contributed by atoms with van der Waals surface area (Å²) in [5.74, 6) is 1.70. The van der Waals surface area contributed by atoms with Gasteiger partial charge in [0, 0.05) is 0 Å². The van der Waals surface area contributed by atoms with Gasteiger partial charge in [0.1, 0.15) is 6.61 Å². The lowest BCUT2D eigenvalue weighted by Crippen LogP contribution is -2.23. The predicted octanol–water partition coefficient (Wildman–Crippen LogP) is 0.716. The highest BCUT2D eigenvalue weighted by atomic mass is 35.5. The number of H-pyrrole nitrogens is 1. The molecule has 1 atom stereocenters. The van der Waals surface area contributed by atoms with Crippen molar-refractivity contribution in [3.63, 3.8) is 0 Å². The Labute approximate surface area is 103 Å². The van der Waals surface area contributed by atoms with Crippen LogP contribution in [0.25, 0.3) is 0 Å². The number of ether oxygens (including phenoxy) is 2. The fourth-order valence-electron chi connectivity index (χ4n) is 1.55. The molecule has 1 aliphatic heterocycles. The van der Waals surface area contributed by atoms with Crippen LogP contribution in [0, 0.1) is 0 Å². The van der Waals surface area contributed by atoms with Crippen molar-refractivity contribution in [2.45, 2.75) is 6.10 Å². The third-order valence-corrected chi connectivity index (χ3v) is 2.33. The summed E-state index contributed by atoms with van der Waals surface area (Å²) >= 11 is 0. The van der Waals surface area contributed by atoms with Gasteiger partial charge >= 0.3 is 0 Å². The van der Waals surface area contributed by atoms with E-state index in [-0.39, 0.29) is 18.5 Å². The standard InChI is InChI=1S/C9H9N5O2.ClH/c10-5-2-1-3-6-8(5)16-7(4-15-6)9-11-13-14-12-9;/h1-3,7H,4,10H2,(H,11,12,13,14);1H. The number of aromatic amines is 1. The van der Waals surface area contributed by atoms with Crippen LogP contribution in [0.1, 0.15) is 11.9 Å². The number of rotatable bonds is 1. The quantitative estimate of drug-likeness (QED) is 0.729. The molecule has 90 valence electrons. The number of nitrogens with one attached hydrogen (secondary N) is 1. The van der Waals surface area contributed by atoms with Gasteiger partial charge in [0.05, 0.1) is 5.69 Å². The molecule has 0 aliphatic carbocycles. The van der Waals surface area contributed by atoms with Gasteiger partial charge in [-0.2, -0.15) is 0 Å². The smallest absolute Gasteiger partial charge is 0.193 e. The topological polar surface area (TPSA) is 98.9 Å². The largest absolute Gasteiger partial charge is 0.485 e. The number of para-hydroxylation sites is 1. The predicted molar refractivity (Wildman–Crippen MR) is 61.1 cm³/mol. The van der Waals surface area contributed by atoms with Crippen molar-refractivity contribution in [2.75, 3.05) is 12.3 Å². The molecule has 17 heavy (non-hydrogen) atoms. The molecule has 1 aromatic carbocycles. The lowest BCUT2D eigenvalue weighted by molar-refractivity contribution is 0.0861. The normalized spacial score (nSPS) is 17.3. The molecule has 0 saturated heterocycles. The molecule has 8 heteroatoms. The molecule has 3 N–H and O–H groups in total. The van der Waals surface area contributed by atoms with Gasteiger partial charge < -0.3 is 15.2 Å². The molecule has 1 aromatic heterocycles. The lowest BCUT2D eigenvalue weighted by Gasteiger charge is -2.25. The van der Waals surface area contributed by atoms with Crippen molar-refractivity contribution in [2.24, 2.45) is 0 Å². The summed E-state index contributed by atoms with van der Waals surface area (Å²) in [6.07, 6.45) is -0.354. The van der Waals surface area contributed by atoms with Crippen LogP contribution in [0.3, 0.4) is 0 Å². The average Bonchev–Trinajstić information content (AvgIpc) is 2.83. The van der Waals surface area contributed by atoms with Gasteiger partial charge in [-0.15, -0.1) is 17.5 Å². The van der Waals surface area contributed by atoms with Gasteiger partial charge in [-0.25, -0.2) is 5.10 Å². The lowest BCUT2D eigenvalue weighted by atomic mass is 10.2. The molecule has 2 heterocycles. The minimum Gasteiger partial charge on any atom is -0.485 e. The third-order valence-electron chi connectivity index (χ3n) is 2.33. The Kier molecular flexibility index (Phi) is 3.01. The molecule has 1 aliphatic rings. The Morgan fingerprint density at radius 2 is 2.29 bits per heavy atom. The van der Waals surface area contributed by atoms with E-state index >= 15 is 0 Å². The maximum absolute atomic E-state index is 5.79. The van der Waals surface area contributed by atoms with Crippen LogP contribution in [0.2, 0.25) is 0 Å². The number of hydrogen-bond acceptors (Lipinski definition) is 6. The van der Waals surface area contributed by atoms with E-state index in [9.17, 15) is 0 Å². The van der Waals surface area contributed by atoms with Crippen LogP contribution in [-0.4, -0.2) is 27.2 Å². The molecule has 0 radical (unpaired) electrons. The summed E-state index contributed by atoms with van der Waals surface area (Å²) < 4.78 is 11.2. The highest BCUT2D eigenvalue weighted by Crippen LogP contribution is 2.39. The monoisotopic (exact) mass is 255 g/mol. The van der Waals surface area contributed by atoms with Crippen LogP contribution >= 0.6 is 12.4 Å². The molecule has 7 nitrogen and oxygen atoms in total. The van der Waals surface area contributed by atoms with Gasteiger partial charge in [-0.05, 0) is 22.6 Å². The van der Waals surface area contributed by atoms with Crippen LogP contribution < -0.4 is 15.2 Å². The van der Waals surface area contributed by atoms with E-state index in [1.54, 1.807) is 12.1 Å². The van der Waals surface area contributed by atoms with Crippen molar-refractivity contribution in [1.29, 1.82) is 0 Å². The Morgan fingerprint density at radius 3 is 3.06 bits per heavy atom. The summed E-state index contributed by atoms with van der Waals surface area (Å²) in [7, 11) is 0. The number of nitrogen functional groups attached to an aromatic ring is 1. The van der Waals surface area contributed by atoms with Crippen LogP contribution in [0.4, 0.5) is 5.69 Å². The molecule has 0 spiro atoms. The number of halogens is 1. The Bertz CT molecular complexity index is 504. The molecule has 1 unspecified atom stereocenters. The van der Waals surface area contributed by atoms with Gasteiger partial charge in [-0.1, -0.05) is 6.07 Å². The Balaban J connectivity index is 0.00000108. The van der Waals surface area contributed by atoms with Crippen molar-refractivity contribution >= 4 is 18.1 Å². The van der Waals surface area contributed by atoms with Crippen LogP contribution in [0.5, 0.6) is 11.5 Å².